The molecule has 7 heteroatoms. The van der Waals surface area contributed by atoms with Crippen molar-refractivity contribution in [1.82, 2.24) is 0 Å². The molecule has 116 valence electrons. The molecule has 0 spiro atoms. The van der Waals surface area contributed by atoms with Gasteiger partial charge in [0.15, 0.2) is 0 Å². The van der Waals surface area contributed by atoms with Gasteiger partial charge in [-0.15, -0.1) is 0 Å². The summed E-state index contributed by atoms with van der Waals surface area (Å²) in [6, 6.07) is 12.4. The van der Waals surface area contributed by atoms with Gasteiger partial charge in [-0.3, -0.25) is 9.52 Å². The Morgan fingerprint density at radius 1 is 1.05 bits per heavy atom. The quantitative estimate of drug-likeness (QED) is 0.887. The van der Waals surface area contributed by atoms with E-state index < -0.39 is 21.7 Å². The van der Waals surface area contributed by atoms with E-state index in [1.807, 2.05) is 0 Å². The molecule has 0 aliphatic carbocycles. The van der Waals surface area contributed by atoms with Gasteiger partial charge in [-0.1, -0.05) is 30.3 Å². The van der Waals surface area contributed by atoms with Crippen molar-refractivity contribution in [3.63, 3.8) is 0 Å². The molecule has 0 heterocycles. The summed E-state index contributed by atoms with van der Waals surface area (Å²) in [5, 5.41) is 2.58. The number of sulfonamides is 1. The molecule has 0 atom stereocenters. The molecule has 2 rings (SSSR count). The van der Waals surface area contributed by atoms with Crippen LogP contribution in [0.3, 0.4) is 0 Å². The number of rotatable bonds is 5. The van der Waals surface area contributed by atoms with Crippen molar-refractivity contribution in [3.05, 3.63) is 59.9 Å². The number of nitrogens with one attached hydrogen (secondary N) is 2. The van der Waals surface area contributed by atoms with E-state index in [4.69, 9.17) is 0 Å². The van der Waals surface area contributed by atoms with E-state index in [9.17, 15) is 17.6 Å². The normalized spacial score (nSPS) is 11.0. The molecular formula is C15H15FN2O3S. The first-order valence-electron chi connectivity index (χ1n) is 6.45. The van der Waals surface area contributed by atoms with Crippen LogP contribution in [0.5, 0.6) is 0 Å². The zero-order valence-corrected chi connectivity index (χ0v) is 12.7. The molecule has 0 aliphatic heterocycles. The summed E-state index contributed by atoms with van der Waals surface area (Å²) in [5.74, 6) is -0.895. The first-order chi connectivity index (χ1) is 10.3. The maximum Gasteiger partial charge on any atom is 0.229 e. The van der Waals surface area contributed by atoms with Gasteiger partial charge in [-0.05, 0) is 23.8 Å². The Balaban J connectivity index is 2.14. The van der Waals surface area contributed by atoms with E-state index in [1.54, 1.807) is 30.3 Å². The predicted octanol–water partition coefficient (Wildman–Crippen LogP) is 2.38. The molecule has 5 nitrogen and oxygen atoms in total. The highest BCUT2D eigenvalue weighted by Crippen LogP contribution is 2.22. The van der Waals surface area contributed by atoms with Crippen molar-refractivity contribution in [2.75, 3.05) is 16.3 Å². The maximum absolute atomic E-state index is 13.5. The largest absolute Gasteiger partial charge is 0.324 e. The Morgan fingerprint density at radius 2 is 1.64 bits per heavy atom. The van der Waals surface area contributed by atoms with Crippen LogP contribution in [0.2, 0.25) is 0 Å². The van der Waals surface area contributed by atoms with Crippen LogP contribution >= 0.6 is 0 Å². The molecule has 2 aromatic carbocycles. The molecule has 0 aromatic heterocycles. The Morgan fingerprint density at radius 3 is 2.27 bits per heavy atom. The molecule has 2 N–H and O–H groups in total. The number of hydrogen-bond donors (Lipinski definition) is 2. The number of carbonyl (C=O) groups is 1. The van der Waals surface area contributed by atoms with Crippen LogP contribution in [0.25, 0.3) is 0 Å². The number of amides is 1. The van der Waals surface area contributed by atoms with E-state index in [-0.39, 0.29) is 17.7 Å². The minimum absolute atomic E-state index is 0.139. The molecular weight excluding hydrogens is 307 g/mol. The molecule has 0 unspecified atom stereocenters. The average Bonchev–Trinajstić information content (AvgIpc) is 2.42. The molecule has 0 fully saturated rings. The SMILES string of the molecule is CS(=O)(=O)Nc1ccccc1NC(=O)Cc1ccccc1F. The molecule has 0 saturated carbocycles. The lowest BCUT2D eigenvalue weighted by Crippen LogP contribution is -2.18. The summed E-state index contributed by atoms with van der Waals surface area (Å²) in [5.41, 5.74) is 0.842. The third-order valence-corrected chi connectivity index (χ3v) is 3.40. The Bertz CT molecular complexity index is 791. The number of para-hydroxylation sites is 2. The lowest BCUT2D eigenvalue weighted by Gasteiger charge is -2.12. The second-order valence-electron chi connectivity index (χ2n) is 4.74. The minimum atomic E-state index is -3.46. The first kappa shape index (κ1) is 16.0. The van der Waals surface area contributed by atoms with Gasteiger partial charge in [0.25, 0.3) is 0 Å². The Kier molecular flexibility index (Phi) is 4.77. The van der Waals surface area contributed by atoms with Crippen LogP contribution in [0.15, 0.2) is 48.5 Å². The third-order valence-electron chi connectivity index (χ3n) is 2.81. The number of halogens is 1. The van der Waals surface area contributed by atoms with Crippen LogP contribution in [0.1, 0.15) is 5.56 Å². The third kappa shape index (κ3) is 4.56. The second kappa shape index (κ2) is 6.57. The van der Waals surface area contributed by atoms with Gasteiger partial charge in [0.1, 0.15) is 5.82 Å². The molecule has 2 aromatic rings. The van der Waals surface area contributed by atoms with Crippen molar-refractivity contribution in [3.8, 4) is 0 Å². The van der Waals surface area contributed by atoms with Crippen molar-refractivity contribution >= 4 is 27.3 Å². The predicted molar refractivity (Wildman–Crippen MR) is 83.6 cm³/mol. The smallest absolute Gasteiger partial charge is 0.229 e. The average molecular weight is 322 g/mol. The second-order valence-corrected chi connectivity index (χ2v) is 6.48. The molecule has 0 bridgehead atoms. The fraction of sp³-hybridized carbons (Fsp3) is 0.133. The monoisotopic (exact) mass is 322 g/mol. The standard InChI is InChI=1S/C15H15FN2O3S/c1-22(20,21)18-14-9-5-4-8-13(14)17-15(19)10-11-6-2-3-7-12(11)16/h2-9,18H,10H2,1H3,(H,17,19). The summed E-state index contributed by atoms with van der Waals surface area (Å²) in [6.45, 7) is 0. The Hall–Kier alpha value is -2.41. The summed E-state index contributed by atoms with van der Waals surface area (Å²) < 4.78 is 38.4. The van der Waals surface area contributed by atoms with Gasteiger partial charge in [0.05, 0.1) is 24.1 Å². The van der Waals surface area contributed by atoms with Gasteiger partial charge >= 0.3 is 0 Å². The highest BCUT2D eigenvalue weighted by molar-refractivity contribution is 7.92. The summed E-state index contributed by atoms with van der Waals surface area (Å²) in [7, 11) is -3.46. The molecule has 0 radical (unpaired) electrons. The van der Waals surface area contributed by atoms with Crippen LogP contribution < -0.4 is 10.0 Å². The zero-order chi connectivity index (χ0) is 16.2. The topological polar surface area (TPSA) is 75.3 Å². The van der Waals surface area contributed by atoms with Crippen molar-refractivity contribution in [1.29, 1.82) is 0 Å². The maximum atomic E-state index is 13.5. The van der Waals surface area contributed by atoms with Crippen LogP contribution in [-0.2, 0) is 21.2 Å². The number of anilines is 2. The van der Waals surface area contributed by atoms with Gasteiger partial charge in [-0.2, -0.15) is 0 Å². The lowest BCUT2D eigenvalue weighted by atomic mass is 10.1. The molecule has 0 saturated heterocycles. The van der Waals surface area contributed by atoms with Crippen LogP contribution in [0.4, 0.5) is 15.8 Å². The van der Waals surface area contributed by atoms with E-state index in [0.717, 1.165) is 6.26 Å². The van der Waals surface area contributed by atoms with E-state index in [2.05, 4.69) is 10.0 Å². The van der Waals surface area contributed by atoms with Gasteiger partial charge < -0.3 is 5.32 Å². The van der Waals surface area contributed by atoms with Gasteiger partial charge in [0.2, 0.25) is 15.9 Å². The lowest BCUT2D eigenvalue weighted by molar-refractivity contribution is -0.115. The molecule has 1 amide bonds. The van der Waals surface area contributed by atoms with Crippen LogP contribution in [-0.4, -0.2) is 20.6 Å². The summed E-state index contributed by atoms with van der Waals surface area (Å²) >= 11 is 0. The first-order valence-corrected chi connectivity index (χ1v) is 8.34. The molecule has 22 heavy (non-hydrogen) atoms. The number of benzene rings is 2. The van der Waals surface area contributed by atoms with E-state index in [0.29, 0.717) is 5.69 Å². The summed E-state index contributed by atoms with van der Waals surface area (Å²) in [4.78, 5) is 12.0. The van der Waals surface area contributed by atoms with E-state index in [1.165, 1.54) is 18.2 Å². The van der Waals surface area contributed by atoms with Gasteiger partial charge in [-0.25, -0.2) is 12.8 Å². The van der Waals surface area contributed by atoms with Crippen molar-refractivity contribution in [2.24, 2.45) is 0 Å². The number of hydrogen-bond acceptors (Lipinski definition) is 3. The van der Waals surface area contributed by atoms with E-state index >= 15 is 0 Å². The zero-order valence-electron chi connectivity index (χ0n) is 11.8. The highest BCUT2D eigenvalue weighted by atomic mass is 32.2. The van der Waals surface area contributed by atoms with Gasteiger partial charge in [0, 0.05) is 0 Å². The van der Waals surface area contributed by atoms with Crippen molar-refractivity contribution in [2.45, 2.75) is 6.42 Å². The van der Waals surface area contributed by atoms with Crippen molar-refractivity contribution < 1.29 is 17.6 Å². The minimum Gasteiger partial charge on any atom is -0.324 e. The van der Waals surface area contributed by atoms with Crippen LogP contribution in [0, 0.1) is 5.82 Å². The number of carbonyl (C=O) groups excluding carboxylic acids is 1. The molecule has 0 aliphatic rings. The fourth-order valence-corrected chi connectivity index (χ4v) is 2.47. The fourth-order valence-electron chi connectivity index (χ4n) is 1.89. The Labute approximate surface area is 128 Å². The summed E-state index contributed by atoms with van der Waals surface area (Å²) in [6.07, 6.45) is 0.880. The highest BCUT2D eigenvalue weighted by Gasteiger charge is 2.11.